The van der Waals surface area contributed by atoms with Gasteiger partial charge in [-0.3, -0.25) is 19.7 Å². The van der Waals surface area contributed by atoms with E-state index in [0.29, 0.717) is 34.9 Å². The predicted molar refractivity (Wildman–Crippen MR) is 98.1 cm³/mol. The number of anilines is 2. The number of hydrogen-bond donors (Lipinski definition) is 3. The fourth-order valence-corrected chi connectivity index (χ4v) is 4.32. The van der Waals surface area contributed by atoms with E-state index in [1.807, 2.05) is 0 Å². The second-order valence-corrected chi connectivity index (χ2v) is 7.88. The Kier molecular flexibility index (Phi) is 5.23. The SMILES string of the molecule is Cc1nc(NC(=O)c2cc3c(cc2F)NC(=O)CC3)sc1SCC(N)=O. The molecule has 1 aliphatic rings. The van der Waals surface area contributed by atoms with Crippen molar-refractivity contribution in [3.8, 4) is 0 Å². The van der Waals surface area contributed by atoms with Crippen molar-refractivity contribution >= 4 is 51.6 Å². The number of carbonyl (C=O) groups is 3. The Hall–Kier alpha value is -2.46. The molecule has 1 aromatic carbocycles. The van der Waals surface area contributed by atoms with Gasteiger partial charge in [-0.25, -0.2) is 9.37 Å². The lowest BCUT2D eigenvalue weighted by molar-refractivity contribution is -0.116. The van der Waals surface area contributed by atoms with Crippen molar-refractivity contribution < 1.29 is 18.8 Å². The van der Waals surface area contributed by atoms with Crippen molar-refractivity contribution in [1.29, 1.82) is 0 Å². The fraction of sp³-hybridized carbons (Fsp3) is 0.250. The molecular weight excluding hydrogens is 379 g/mol. The molecule has 4 N–H and O–H groups in total. The van der Waals surface area contributed by atoms with Crippen LogP contribution in [0.5, 0.6) is 0 Å². The lowest BCUT2D eigenvalue weighted by atomic mass is 9.99. The summed E-state index contributed by atoms with van der Waals surface area (Å²) in [4.78, 5) is 38.9. The van der Waals surface area contributed by atoms with Gasteiger partial charge in [0.15, 0.2) is 5.13 Å². The summed E-state index contributed by atoms with van der Waals surface area (Å²) in [5.74, 6) is -1.85. The van der Waals surface area contributed by atoms with Crippen molar-refractivity contribution in [1.82, 2.24) is 4.98 Å². The largest absolute Gasteiger partial charge is 0.369 e. The lowest BCUT2D eigenvalue weighted by Crippen LogP contribution is -2.21. The summed E-state index contributed by atoms with van der Waals surface area (Å²) in [5.41, 5.74) is 6.77. The van der Waals surface area contributed by atoms with Crippen LogP contribution in [0.3, 0.4) is 0 Å². The Morgan fingerprint density at radius 1 is 1.42 bits per heavy atom. The van der Waals surface area contributed by atoms with E-state index in [-0.39, 0.29) is 17.2 Å². The number of rotatable bonds is 5. The maximum absolute atomic E-state index is 14.3. The number of nitrogens with two attached hydrogens (primary N) is 1. The molecular formula is C16H15FN4O3S2. The van der Waals surface area contributed by atoms with Gasteiger partial charge in [-0.2, -0.15) is 0 Å². The Morgan fingerprint density at radius 3 is 2.92 bits per heavy atom. The minimum atomic E-state index is -0.722. The smallest absolute Gasteiger partial charge is 0.260 e. The highest BCUT2D eigenvalue weighted by Crippen LogP contribution is 2.32. The van der Waals surface area contributed by atoms with Crippen LogP contribution in [0.2, 0.25) is 0 Å². The Bertz CT molecular complexity index is 913. The number of hydrogen-bond acceptors (Lipinski definition) is 6. The van der Waals surface area contributed by atoms with E-state index in [1.54, 1.807) is 6.92 Å². The molecule has 0 saturated carbocycles. The van der Waals surface area contributed by atoms with Gasteiger partial charge in [-0.05, 0) is 31.0 Å². The van der Waals surface area contributed by atoms with Crippen LogP contribution in [0.1, 0.15) is 28.0 Å². The number of benzene rings is 1. The first-order valence-corrected chi connectivity index (χ1v) is 9.46. The van der Waals surface area contributed by atoms with Crippen molar-refractivity contribution in [2.24, 2.45) is 5.73 Å². The topological polar surface area (TPSA) is 114 Å². The molecule has 2 heterocycles. The second-order valence-electron chi connectivity index (χ2n) is 5.64. The number of halogens is 1. The number of aromatic nitrogens is 1. The zero-order valence-electron chi connectivity index (χ0n) is 13.7. The molecule has 0 bridgehead atoms. The fourth-order valence-electron chi connectivity index (χ4n) is 2.45. The van der Waals surface area contributed by atoms with Crippen molar-refractivity contribution in [3.05, 3.63) is 34.8 Å². The number of amides is 3. The third-order valence-corrected chi connectivity index (χ3v) is 6.11. The van der Waals surface area contributed by atoms with E-state index in [1.165, 1.54) is 29.2 Å². The first-order valence-electron chi connectivity index (χ1n) is 7.65. The minimum absolute atomic E-state index is 0.112. The molecule has 26 heavy (non-hydrogen) atoms. The molecule has 0 saturated heterocycles. The van der Waals surface area contributed by atoms with Crippen LogP contribution in [0, 0.1) is 12.7 Å². The Labute approximate surface area is 156 Å². The van der Waals surface area contributed by atoms with Crippen molar-refractivity contribution in [2.75, 3.05) is 16.4 Å². The van der Waals surface area contributed by atoms with Gasteiger partial charge in [-0.1, -0.05) is 11.3 Å². The summed E-state index contributed by atoms with van der Waals surface area (Å²) in [6.45, 7) is 1.75. The number of nitrogens with one attached hydrogen (secondary N) is 2. The molecule has 1 aromatic heterocycles. The second kappa shape index (κ2) is 7.42. The third kappa shape index (κ3) is 4.02. The van der Waals surface area contributed by atoms with Gasteiger partial charge in [0.05, 0.1) is 21.2 Å². The first-order chi connectivity index (χ1) is 12.3. The average Bonchev–Trinajstić information content (AvgIpc) is 2.91. The maximum atomic E-state index is 14.3. The minimum Gasteiger partial charge on any atom is -0.369 e. The van der Waals surface area contributed by atoms with Gasteiger partial charge < -0.3 is 11.1 Å². The van der Waals surface area contributed by atoms with E-state index in [4.69, 9.17) is 5.73 Å². The molecule has 0 fully saturated rings. The van der Waals surface area contributed by atoms with Crippen LogP contribution in [-0.2, 0) is 16.0 Å². The van der Waals surface area contributed by atoms with Crippen LogP contribution in [0.15, 0.2) is 16.3 Å². The third-order valence-electron chi connectivity index (χ3n) is 3.65. The number of fused-ring (bicyclic) bond motifs is 1. The molecule has 0 radical (unpaired) electrons. The molecule has 0 unspecified atom stereocenters. The molecule has 2 aromatic rings. The summed E-state index contributed by atoms with van der Waals surface area (Å²) in [5, 5.41) is 5.47. The summed E-state index contributed by atoms with van der Waals surface area (Å²) < 4.78 is 15.0. The summed E-state index contributed by atoms with van der Waals surface area (Å²) >= 11 is 2.43. The quantitative estimate of drug-likeness (QED) is 0.673. The highest BCUT2D eigenvalue weighted by molar-refractivity contribution is 8.01. The highest BCUT2D eigenvalue weighted by Gasteiger charge is 2.21. The maximum Gasteiger partial charge on any atom is 0.260 e. The summed E-state index contributed by atoms with van der Waals surface area (Å²) in [6, 6.07) is 2.60. The van der Waals surface area contributed by atoms with Crippen LogP contribution in [0.25, 0.3) is 0 Å². The van der Waals surface area contributed by atoms with Crippen LogP contribution in [-0.4, -0.2) is 28.5 Å². The van der Waals surface area contributed by atoms with Gasteiger partial charge in [0.25, 0.3) is 5.91 Å². The number of nitrogens with zero attached hydrogens (tertiary/aromatic N) is 1. The molecule has 3 amide bonds. The van der Waals surface area contributed by atoms with E-state index in [0.717, 1.165) is 10.3 Å². The van der Waals surface area contributed by atoms with E-state index < -0.39 is 17.6 Å². The number of aryl methyl sites for hydroxylation is 2. The number of thioether (sulfide) groups is 1. The van der Waals surface area contributed by atoms with Gasteiger partial charge in [0.2, 0.25) is 11.8 Å². The van der Waals surface area contributed by atoms with Gasteiger partial charge >= 0.3 is 0 Å². The molecule has 10 heteroatoms. The monoisotopic (exact) mass is 394 g/mol. The van der Waals surface area contributed by atoms with Crippen LogP contribution < -0.4 is 16.4 Å². The summed E-state index contributed by atoms with van der Waals surface area (Å²) in [6.07, 6.45) is 0.748. The molecule has 136 valence electrons. The van der Waals surface area contributed by atoms with Crippen LogP contribution >= 0.6 is 23.1 Å². The van der Waals surface area contributed by atoms with Crippen molar-refractivity contribution in [3.63, 3.8) is 0 Å². The van der Waals surface area contributed by atoms with E-state index >= 15 is 0 Å². The summed E-state index contributed by atoms with van der Waals surface area (Å²) in [7, 11) is 0. The van der Waals surface area contributed by atoms with Gasteiger partial charge in [-0.15, -0.1) is 11.8 Å². The lowest BCUT2D eigenvalue weighted by Gasteiger charge is -2.17. The molecule has 3 rings (SSSR count). The number of thiazole rings is 1. The van der Waals surface area contributed by atoms with Crippen molar-refractivity contribution in [2.45, 2.75) is 24.0 Å². The standard InChI is InChI=1S/C16H15FN4O3S2/c1-7-15(25-6-12(18)22)26-16(19-7)21-14(24)9-4-8-2-3-13(23)20-11(8)5-10(9)17/h4-5H,2-3,6H2,1H3,(H2,18,22)(H,20,23)(H,19,21,24). The zero-order chi connectivity index (χ0) is 18.8. The average molecular weight is 394 g/mol. The molecule has 0 atom stereocenters. The zero-order valence-corrected chi connectivity index (χ0v) is 15.4. The Morgan fingerprint density at radius 2 is 2.19 bits per heavy atom. The molecule has 1 aliphatic heterocycles. The molecule has 7 nitrogen and oxygen atoms in total. The Balaban J connectivity index is 1.77. The normalized spacial score (nSPS) is 13.1. The van der Waals surface area contributed by atoms with Gasteiger partial charge in [0, 0.05) is 12.1 Å². The highest BCUT2D eigenvalue weighted by atomic mass is 32.2. The first kappa shape index (κ1) is 18.3. The van der Waals surface area contributed by atoms with E-state index in [9.17, 15) is 18.8 Å². The van der Waals surface area contributed by atoms with Crippen LogP contribution in [0.4, 0.5) is 15.2 Å². The predicted octanol–water partition coefficient (Wildman–Crippen LogP) is 2.31. The van der Waals surface area contributed by atoms with Gasteiger partial charge in [0.1, 0.15) is 5.82 Å². The number of carbonyl (C=O) groups excluding carboxylic acids is 3. The molecule has 0 aliphatic carbocycles. The molecule has 0 spiro atoms. The number of primary amides is 1. The van der Waals surface area contributed by atoms with E-state index in [2.05, 4.69) is 15.6 Å².